The maximum Gasteiger partial charge on any atom is 0.231 e. The lowest BCUT2D eigenvalue weighted by Crippen LogP contribution is -2.55. The Balaban J connectivity index is 1.62. The van der Waals surface area contributed by atoms with Crippen molar-refractivity contribution in [3.8, 4) is 0 Å². The molecule has 4 saturated carbocycles. The van der Waals surface area contributed by atoms with Crippen LogP contribution in [0.15, 0.2) is 6.20 Å². The number of nitrogen functional groups attached to an aromatic ring is 1. The second-order valence-electron chi connectivity index (χ2n) is 8.08. The van der Waals surface area contributed by atoms with Crippen molar-refractivity contribution in [1.82, 2.24) is 9.78 Å². The third kappa shape index (κ3) is 1.89. The molecule has 4 bridgehead atoms. The molecule has 4 aliphatic rings. The third-order valence-corrected chi connectivity index (χ3v) is 6.03. The molecule has 0 aromatic carbocycles. The fourth-order valence-electron chi connectivity index (χ4n) is 5.83. The van der Waals surface area contributed by atoms with Crippen LogP contribution in [0.2, 0.25) is 0 Å². The van der Waals surface area contributed by atoms with E-state index in [0.717, 1.165) is 31.1 Å². The number of nitrogens with one attached hydrogen (secondary N) is 1. The van der Waals surface area contributed by atoms with Crippen LogP contribution in [0.4, 0.5) is 11.5 Å². The Bertz CT molecular complexity index is 572. The van der Waals surface area contributed by atoms with Crippen molar-refractivity contribution in [3.63, 3.8) is 0 Å². The van der Waals surface area contributed by atoms with E-state index >= 15 is 0 Å². The van der Waals surface area contributed by atoms with Crippen LogP contribution in [-0.4, -0.2) is 15.7 Å². The molecule has 4 aliphatic carbocycles. The van der Waals surface area contributed by atoms with Crippen LogP contribution in [0.5, 0.6) is 0 Å². The Morgan fingerprint density at radius 1 is 1.38 bits per heavy atom. The molecule has 3 N–H and O–H groups in total. The topological polar surface area (TPSA) is 72.9 Å². The van der Waals surface area contributed by atoms with Gasteiger partial charge < -0.3 is 11.1 Å². The summed E-state index contributed by atoms with van der Waals surface area (Å²) in [6.07, 6.45) is 8.70. The van der Waals surface area contributed by atoms with Crippen LogP contribution in [-0.2, 0) is 11.8 Å². The number of carbonyl (C=O) groups is 1. The number of aryl methyl sites for hydroxylation is 1. The fraction of sp³-hybridized carbons (Fsp3) is 0.750. The molecule has 5 nitrogen and oxygen atoms in total. The van der Waals surface area contributed by atoms with Gasteiger partial charge in [-0.25, -0.2) is 0 Å². The first kappa shape index (κ1) is 13.2. The van der Waals surface area contributed by atoms with Gasteiger partial charge in [-0.2, -0.15) is 5.10 Å². The average molecular weight is 288 g/mol. The zero-order chi connectivity index (χ0) is 14.8. The van der Waals surface area contributed by atoms with Crippen LogP contribution in [0, 0.1) is 22.7 Å². The first-order chi connectivity index (χ1) is 9.89. The number of nitrogens with two attached hydrogens (primary N) is 1. The highest BCUT2D eigenvalue weighted by Gasteiger charge is 2.58. The summed E-state index contributed by atoms with van der Waals surface area (Å²) in [5.74, 6) is 2.29. The Morgan fingerprint density at radius 2 is 2.05 bits per heavy atom. The molecule has 1 aromatic heterocycles. The van der Waals surface area contributed by atoms with E-state index in [1.54, 1.807) is 10.9 Å². The van der Waals surface area contributed by atoms with Crippen LogP contribution in [0.3, 0.4) is 0 Å². The van der Waals surface area contributed by atoms with E-state index in [4.69, 9.17) is 5.73 Å². The molecule has 1 aromatic rings. The average Bonchev–Trinajstić information content (AvgIpc) is 2.67. The number of nitrogens with zero attached hydrogens (tertiary/aromatic N) is 2. The Kier molecular flexibility index (Phi) is 2.52. The first-order valence-electron chi connectivity index (χ1n) is 7.98. The number of hydrogen-bond acceptors (Lipinski definition) is 3. The molecule has 21 heavy (non-hydrogen) atoms. The minimum atomic E-state index is -0.171. The van der Waals surface area contributed by atoms with Gasteiger partial charge in [-0.3, -0.25) is 9.48 Å². The number of aromatic nitrogens is 2. The summed E-state index contributed by atoms with van der Waals surface area (Å²) in [4.78, 5) is 13.0. The second kappa shape index (κ2) is 4.02. The van der Waals surface area contributed by atoms with Crippen molar-refractivity contribution in [2.75, 3.05) is 11.1 Å². The smallest absolute Gasteiger partial charge is 0.231 e. The van der Waals surface area contributed by atoms with Crippen molar-refractivity contribution < 1.29 is 4.79 Å². The highest BCUT2D eigenvalue weighted by molar-refractivity contribution is 5.97. The van der Waals surface area contributed by atoms with Crippen LogP contribution >= 0.6 is 0 Å². The second-order valence-corrected chi connectivity index (χ2v) is 8.08. The van der Waals surface area contributed by atoms with Gasteiger partial charge in [-0.15, -0.1) is 0 Å². The maximum absolute atomic E-state index is 13.0. The van der Waals surface area contributed by atoms with Crippen LogP contribution in [0.1, 0.15) is 45.4 Å². The van der Waals surface area contributed by atoms with E-state index in [0.29, 0.717) is 16.9 Å². The number of carbonyl (C=O) groups excluding carboxylic acids is 1. The lowest BCUT2D eigenvalue weighted by atomic mass is 9.44. The quantitative estimate of drug-likeness (QED) is 0.878. The summed E-state index contributed by atoms with van der Waals surface area (Å²) in [5, 5.41) is 7.18. The summed E-state index contributed by atoms with van der Waals surface area (Å²) in [6.45, 7) is 2.38. The Hall–Kier alpha value is -1.52. The maximum atomic E-state index is 13.0. The summed E-state index contributed by atoms with van der Waals surface area (Å²) in [5.41, 5.74) is 6.66. The van der Waals surface area contributed by atoms with Crippen molar-refractivity contribution in [2.24, 2.45) is 29.7 Å². The van der Waals surface area contributed by atoms with Gasteiger partial charge in [0, 0.05) is 7.05 Å². The first-order valence-corrected chi connectivity index (χ1v) is 7.98. The van der Waals surface area contributed by atoms with Gasteiger partial charge in [0.05, 0.1) is 17.3 Å². The van der Waals surface area contributed by atoms with E-state index < -0.39 is 0 Å². The summed E-state index contributed by atoms with van der Waals surface area (Å²) in [7, 11) is 1.81. The van der Waals surface area contributed by atoms with E-state index in [9.17, 15) is 4.79 Å². The molecule has 2 unspecified atom stereocenters. The predicted octanol–water partition coefficient (Wildman–Crippen LogP) is 2.55. The molecular formula is C16H24N4O. The molecule has 5 heteroatoms. The van der Waals surface area contributed by atoms with Gasteiger partial charge in [0.2, 0.25) is 5.91 Å². The predicted molar refractivity (Wildman–Crippen MR) is 81.5 cm³/mol. The molecule has 2 atom stereocenters. The Labute approximate surface area is 125 Å². The fourth-order valence-corrected chi connectivity index (χ4v) is 5.83. The van der Waals surface area contributed by atoms with Gasteiger partial charge in [-0.1, -0.05) is 6.92 Å². The summed E-state index contributed by atoms with van der Waals surface area (Å²) >= 11 is 0. The van der Waals surface area contributed by atoms with Gasteiger partial charge >= 0.3 is 0 Å². The van der Waals surface area contributed by atoms with E-state index in [1.807, 2.05) is 7.05 Å². The Morgan fingerprint density at radius 3 is 2.57 bits per heavy atom. The van der Waals surface area contributed by atoms with Crippen molar-refractivity contribution >= 4 is 17.4 Å². The molecule has 0 saturated heterocycles. The zero-order valence-electron chi connectivity index (χ0n) is 12.9. The number of rotatable bonds is 2. The lowest BCUT2D eigenvalue weighted by molar-refractivity contribution is -0.149. The minimum Gasteiger partial charge on any atom is -0.394 e. The molecule has 1 heterocycles. The summed E-state index contributed by atoms with van der Waals surface area (Å²) in [6, 6.07) is 0. The van der Waals surface area contributed by atoms with E-state index in [-0.39, 0.29) is 11.3 Å². The number of anilines is 2. The molecule has 0 radical (unpaired) electrons. The highest BCUT2D eigenvalue weighted by atomic mass is 16.2. The monoisotopic (exact) mass is 288 g/mol. The van der Waals surface area contributed by atoms with Gasteiger partial charge in [0.1, 0.15) is 0 Å². The van der Waals surface area contributed by atoms with Crippen LogP contribution < -0.4 is 11.1 Å². The standard InChI is InChI=1S/C16H24N4O/c1-15-4-10-3-11(5-15)7-16(6-10,9-15)14(21)19-13-12(17)8-18-20(13)2/h8,10-11H,3-7,9,17H2,1-2H3,(H,19,21). The lowest BCUT2D eigenvalue weighted by Gasteiger charge is -2.60. The molecule has 1 amide bonds. The molecule has 5 rings (SSSR count). The zero-order valence-corrected chi connectivity index (χ0v) is 12.9. The van der Waals surface area contributed by atoms with E-state index in [2.05, 4.69) is 17.3 Å². The van der Waals surface area contributed by atoms with Gasteiger partial charge in [0.15, 0.2) is 5.82 Å². The van der Waals surface area contributed by atoms with E-state index in [1.165, 1.54) is 19.3 Å². The van der Waals surface area contributed by atoms with Gasteiger partial charge in [-0.05, 0) is 55.8 Å². The van der Waals surface area contributed by atoms with Crippen molar-refractivity contribution in [2.45, 2.75) is 45.4 Å². The molecular weight excluding hydrogens is 264 g/mol. The molecule has 4 fully saturated rings. The number of amides is 1. The minimum absolute atomic E-state index is 0.165. The normalized spacial score (nSPS) is 40.5. The van der Waals surface area contributed by atoms with Crippen molar-refractivity contribution in [3.05, 3.63) is 6.20 Å². The molecule has 0 spiro atoms. The third-order valence-electron chi connectivity index (χ3n) is 6.03. The highest BCUT2D eigenvalue weighted by Crippen LogP contribution is 2.65. The number of hydrogen-bond donors (Lipinski definition) is 2. The van der Waals surface area contributed by atoms with Gasteiger partial charge in [0.25, 0.3) is 0 Å². The van der Waals surface area contributed by atoms with Crippen LogP contribution in [0.25, 0.3) is 0 Å². The molecule has 0 aliphatic heterocycles. The largest absolute Gasteiger partial charge is 0.394 e. The summed E-state index contributed by atoms with van der Waals surface area (Å²) < 4.78 is 1.65. The SMILES string of the molecule is Cn1ncc(N)c1NC(=O)C12CC3CC(CC(C)(C3)C1)C2. The van der Waals surface area contributed by atoms with Crippen molar-refractivity contribution in [1.29, 1.82) is 0 Å². The molecule has 114 valence electrons.